The Bertz CT molecular complexity index is 590. The maximum atomic E-state index is 12.8. The molecule has 24 heavy (non-hydrogen) atoms. The summed E-state index contributed by atoms with van der Waals surface area (Å²) in [6, 6.07) is 2.65. The molecule has 0 unspecified atom stereocenters. The molecule has 0 atom stereocenters. The zero-order valence-electron chi connectivity index (χ0n) is 14.2. The number of alkyl halides is 3. The van der Waals surface area contributed by atoms with Gasteiger partial charge < -0.3 is 5.32 Å². The van der Waals surface area contributed by atoms with Gasteiger partial charge in [-0.3, -0.25) is 4.79 Å². The monoisotopic (exact) mass is 342 g/mol. The molecule has 0 bridgehead atoms. The second-order valence-corrected chi connectivity index (χ2v) is 4.67. The third-order valence-electron chi connectivity index (χ3n) is 2.72. The van der Waals surface area contributed by atoms with Crippen molar-refractivity contribution < 1.29 is 18.0 Å². The van der Waals surface area contributed by atoms with Crippen LogP contribution in [0.25, 0.3) is 4.85 Å². The van der Waals surface area contributed by atoms with E-state index in [1.54, 1.807) is 0 Å². The molecule has 0 aromatic carbocycles. The number of rotatable bonds is 7. The third-order valence-corrected chi connectivity index (χ3v) is 2.72. The summed E-state index contributed by atoms with van der Waals surface area (Å²) >= 11 is 0. The fourth-order valence-corrected chi connectivity index (χ4v) is 1.49. The molecule has 4 nitrogen and oxygen atoms in total. The maximum absolute atomic E-state index is 12.8. The van der Waals surface area contributed by atoms with Crippen molar-refractivity contribution >= 4 is 11.6 Å². The van der Waals surface area contributed by atoms with Crippen molar-refractivity contribution in [1.29, 1.82) is 0 Å². The summed E-state index contributed by atoms with van der Waals surface area (Å²) in [7, 11) is 0. The zero-order chi connectivity index (χ0) is 18.6. The summed E-state index contributed by atoms with van der Waals surface area (Å²) in [5.41, 5.74) is -0.842. The van der Waals surface area contributed by atoms with Crippen LogP contribution in [0.4, 0.5) is 13.2 Å². The van der Waals surface area contributed by atoms with Crippen molar-refractivity contribution in [3.8, 4) is 6.07 Å². The second kappa shape index (κ2) is 11.2. The van der Waals surface area contributed by atoms with Gasteiger partial charge >= 0.3 is 12.4 Å². The summed E-state index contributed by atoms with van der Waals surface area (Å²) < 4.78 is 38.5. The van der Waals surface area contributed by atoms with E-state index in [1.165, 1.54) is 25.3 Å². The van der Waals surface area contributed by atoms with E-state index in [-0.39, 0.29) is 17.8 Å². The number of carbonyl (C=O) groups is 1. The lowest BCUT2D eigenvalue weighted by Gasteiger charge is -2.11. The minimum atomic E-state index is -4.54. The summed E-state index contributed by atoms with van der Waals surface area (Å²) in [6.07, 6.45) is 0.914. The van der Waals surface area contributed by atoms with Crippen molar-refractivity contribution in [2.75, 3.05) is 0 Å². The summed E-state index contributed by atoms with van der Waals surface area (Å²) in [4.78, 5) is 19.5. The highest BCUT2D eigenvalue weighted by molar-refractivity contribution is 5.98. The molecule has 132 valence electrons. The standard InChI is InChI=1S/C17H22F3N3O/c1-5-9-10-15(22-14(8-4)17(18,19)20)23-16(24)13(7-3)12-21-11-6-2/h7,10,12H,3,5-6,8-9H2,1-2,4H3/p+1/b13-12+,15-10+,22-14+. The Balaban J connectivity index is 5.50. The van der Waals surface area contributed by atoms with E-state index in [9.17, 15) is 18.0 Å². The van der Waals surface area contributed by atoms with Crippen molar-refractivity contribution in [3.05, 3.63) is 41.2 Å². The molecular weight excluding hydrogens is 319 g/mol. The number of hydrogen-bond donors (Lipinski definition) is 1. The Labute approximate surface area is 140 Å². The summed E-state index contributed by atoms with van der Waals surface area (Å²) in [6.45, 7) is 8.55. The van der Waals surface area contributed by atoms with Gasteiger partial charge in [0.1, 0.15) is 17.1 Å². The SMILES string of the molecule is C=C/C(=C\[N+]#CCC)C(=O)NC(=C/CCC)/N=C(\CC)C(F)(F)F. The predicted octanol–water partition coefficient (Wildman–Crippen LogP) is 4.97. The molecule has 0 saturated carbocycles. The number of amides is 1. The molecule has 0 fully saturated rings. The highest BCUT2D eigenvalue weighted by Crippen LogP contribution is 2.20. The van der Waals surface area contributed by atoms with Crippen LogP contribution in [0.5, 0.6) is 0 Å². The molecule has 0 aliphatic heterocycles. The van der Waals surface area contributed by atoms with E-state index >= 15 is 0 Å². The molecule has 0 spiro atoms. The summed E-state index contributed by atoms with van der Waals surface area (Å²) in [5, 5.41) is 2.37. The van der Waals surface area contributed by atoms with Gasteiger partial charge in [-0.05, 0) is 36.8 Å². The highest BCUT2D eigenvalue weighted by atomic mass is 19.4. The predicted molar refractivity (Wildman–Crippen MR) is 90.7 cm³/mol. The number of hydrogen-bond acceptors (Lipinski definition) is 2. The van der Waals surface area contributed by atoms with Gasteiger partial charge in [0.25, 0.3) is 12.0 Å². The number of halogens is 3. The van der Waals surface area contributed by atoms with Crippen molar-refractivity contribution in [2.45, 2.75) is 52.6 Å². The number of aliphatic imine (C=N–C) groups is 1. The third kappa shape index (κ3) is 8.32. The molecule has 0 saturated heterocycles. The van der Waals surface area contributed by atoms with Crippen LogP contribution >= 0.6 is 0 Å². The molecule has 0 rings (SSSR count). The first-order chi connectivity index (χ1) is 11.3. The molecule has 0 aromatic heterocycles. The number of allylic oxidation sites excluding steroid dienone is 1. The topological polar surface area (TPSA) is 45.8 Å². The molecule has 7 heteroatoms. The minimum absolute atomic E-state index is 0.110. The Morgan fingerprint density at radius 2 is 2.00 bits per heavy atom. The van der Waals surface area contributed by atoms with Crippen molar-refractivity contribution in [3.63, 3.8) is 0 Å². The van der Waals surface area contributed by atoms with Crippen LogP contribution in [0.3, 0.4) is 0 Å². The molecular formula is C17H23F3N3O+. The summed E-state index contributed by atoms with van der Waals surface area (Å²) in [5.74, 6) is -0.761. The number of nitrogens with zero attached hydrogens (tertiary/aromatic N) is 2. The molecule has 0 radical (unpaired) electrons. The van der Waals surface area contributed by atoms with Crippen LogP contribution in [0.2, 0.25) is 0 Å². The van der Waals surface area contributed by atoms with Gasteiger partial charge in [0.2, 0.25) is 0 Å². The maximum Gasteiger partial charge on any atom is 0.429 e. The first-order valence-corrected chi connectivity index (χ1v) is 7.71. The lowest BCUT2D eigenvalue weighted by molar-refractivity contribution is -0.116. The largest absolute Gasteiger partial charge is 0.429 e. The average Bonchev–Trinajstić information content (AvgIpc) is 2.52. The van der Waals surface area contributed by atoms with E-state index < -0.39 is 17.8 Å². The molecule has 0 heterocycles. The van der Waals surface area contributed by atoms with Gasteiger partial charge in [-0.2, -0.15) is 13.2 Å². The zero-order valence-corrected chi connectivity index (χ0v) is 14.2. The number of nitrogens with one attached hydrogen (secondary N) is 1. The molecule has 0 aliphatic rings. The van der Waals surface area contributed by atoms with Gasteiger partial charge in [-0.15, -0.1) is 0 Å². The highest BCUT2D eigenvalue weighted by Gasteiger charge is 2.34. The fraction of sp³-hybridized carbons (Fsp3) is 0.471. The van der Waals surface area contributed by atoms with Gasteiger partial charge in [0.15, 0.2) is 0 Å². The first-order valence-electron chi connectivity index (χ1n) is 7.71. The molecule has 1 amide bonds. The van der Waals surface area contributed by atoms with Crippen LogP contribution < -0.4 is 5.32 Å². The van der Waals surface area contributed by atoms with Gasteiger partial charge in [-0.1, -0.05) is 26.8 Å². The fourth-order valence-electron chi connectivity index (χ4n) is 1.49. The smallest absolute Gasteiger partial charge is 0.307 e. The van der Waals surface area contributed by atoms with Crippen molar-refractivity contribution in [2.24, 2.45) is 4.99 Å². The van der Waals surface area contributed by atoms with Gasteiger partial charge in [-0.25, -0.2) is 4.99 Å². The Kier molecular flexibility index (Phi) is 10.1. The van der Waals surface area contributed by atoms with E-state index in [4.69, 9.17) is 0 Å². The van der Waals surface area contributed by atoms with Gasteiger partial charge in [0, 0.05) is 0 Å². The van der Waals surface area contributed by atoms with Crippen LogP contribution in [0.15, 0.2) is 41.3 Å². The lowest BCUT2D eigenvalue weighted by atomic mass is 10.2. The van der Waals surface area contributed by atoms with Crippen LogP contribution in [0.1, 0.15) is 46.5 Å². The first kappa shape index (κ1) is 21.6. The van der Waals surface area contributed by atoms with E-state index in [0.29, 0.717) is 19.3 Å². The van der Waals surface area contributed by atoms with E-state index in [2.05, 4.69) is 27.8 Å². The quantitative estimate of drug-likeness (QED) is 0.396. The molecule has 0 aliphatic carbocycles. The Morgan fingerprint density at radius 1 is 1.33 bits per heavy atom. The van der Waals surface area contributed by atoms with Crippen LogP contribution in [0, 0.1) is 6.07 Å². The minimum Gasteiger partial charge on any atom is -0.307 e. The van der Waals surface area contributed by atoms with Crippen LogP contribution in [-0.2, 0) is 4.79 Å². The number of carbonyl (C=O) groups excluding carboxylic acids is 1. The molecule has 1 N–H and O–H groups in total. The lowest BCUT2D eigenvalue weighted by Crippen LogP contribution is -2.27. The second-order valence-electron chi connectivity index (χ2n) is 4.67. The normalized spacial score (nSPS) is 13.2. The number of unbranched alkanes of at least 4 members (excludes halogenated alkanes) is 1. The van der Waals surface area contributed by atoms with E-state index in [0.717, 1.165) is 0 Å². The Hall–Kier alpha value is -2.36. The Morgan fingerprint density at radius 3 is 2.46 bits per heavy atom. The van der Waals surface area contributed by atoms with E-state index in [1.807, 2.05) is 13.8 Å². The average molecular weight is 342 g/mol. The molecule has 0 aromatic rings. The van der Waals surface area contributed by atoms with Gasteiger partial charge in [0.05, 0.1) is 6.42 Å². The van der Waals surface area contributed by atoms with Crippen molar-refractivity contribution in [1.82, 2.24) is 5.32 Å². The van der Waals surface area contributed by atoms with Crippen LogP contribution in [-0.4, -0.2) is 17.8 Å².